The number of sulfonamides is 1. The number of carbonyl (C=O) groups is 1. The Kier molecular flexibility index (Phi) is 6.87. The summed E-state index contributed by atoms with van der Waals surface area (Å²) in [4.78, 5) is 24.7. The Labute approximate surface area is 180 Å². The second-order valence-electron chi connectivity index (χ2n) is 6.74. The Morgan fingerprint density at radius 1 is 0.967 bits per heavy atom. The van der Waals surface area contributed by atoms with Gasteiger partial charge in [-0.1, -0.05) is 54.9 Å². The summed E-state index contributed by atoms with van der Waals surface area (Å²) in [6.45, 7) is 1.89. The molecule has 0 radical (unpaired) electrons. The second kappa shape index (κ2) is 9.38. The number of carbonyl (C=O) groups excluding carboxylic acids is 1. The normalized spacial score (nSPS) is 11.4. The highest BCUT2D eigenvalue weighted by atomic mass is 35.5. The predicted molar refractivity (Wildman–Crippen MR) is 117 cm³/mol. The molecule has 30 heavy (non-hydrogen) atoms. The standard InChI is InChI=1S/C22H21ClN2O4S/c1-2-13-24-30(28,29)20-11-12-22(27)25(14-20)15-21(26)18-5-3-16(4-6-18)17-7-9-19(23)10-8-17/h3-12,14,24H,2,13,15H2,1H3. The first-order valence-electron chi connectivity index (χ1n) is 9.39. The fraction of sp³-hybridized carbons (Fsp3) is 0.182. The van der Waals surface area contributed by atoms with E-state index in [1.165, 1.54) is 12.3 Å². The quantitative estimate of drug-likeness (QED) is 0.536. The molecule has 8 heteroatoms. The molecular formula is C22H21ClN2O4S. The Morgan fingerprint density at radius 3 is 2.17 bits per heavy atom. The maximum absolute atomic E-state index is 12.6. The third-order valence-corrected chi connectivity index (χ3v) is 6.21. The van der Waals surface area contributed by atoms with Crippen molar-refractivity contribution < 1.29 is 13.2 Å². The number of halogens is 1. The van der Waals surface area contributed by atoms with E-state index in [9.17, 15) is 18.0 Å². The van der Waals surface area contributed by atoms with Crippen molar-refractivity contribution >= 4 is 27.4 Å². The van der Waals surface area contributed by atoms with Crippen molar-refractivity contribution in [3.8, 4) is 11.1 Å². The lowest BCUT2D eigenvalue weighted by molar-refractivity contribution is 0.0970. The van der Waals surface area contributed by atoms with Crippen molar-refractivity contribution in [3.63, 3.8) is 0 Å². The largest absolute Gasteiger partial charge is 0.306 e. The van der Waals surface area contributed by atoms with Crippen LogP contribution in [0.4, 0.5) is 0 Å². The molecule has 0 saturated heterocycles. The molecule has 3 rings (SSSR count). The highest BCUT2D eigenvalue weighted by molar-refractivity contribution is 7.89. The van der Waals surface area contributed by atoms with Crippen LogP contribution in [0, 0.1) is 0 Å². The number of ketones is 1. The summed E-state index contributed by atoms with van der Waals surface area (Å²) in [5.74, 6) is -0.296. The van der Waals surface area contributed by atoms with Gasteiger partial charge in [-0.2, -0.15) is 0 Å². The number of hydrogen-bond donors (Lipinski definition) is 1. The molecule has 156 valence electrons. The van der Waals surface area contributed by atoms with Crippen molar-refractivity contribution in [1.82, 2.24) is 9.29 Å². The molecule has 0 aliphatic carbocycles. The number of pyridine rings is 1. The molecule has 0 spiro atoms. The van der Waals surface area contributed by atoms with Crippen LogP contribution in [0.15, 0.2) is 76.6 Å². The van der Waals surface area contributed by atoms with E-state index in [4.69, 9.17) is 11.6 Å². The van der Waals surface area contributed by atoms with Gasteiger partial charge in [0.05, 0.1) is 11.4 Å². The lowest BCUT2D eigenvalue weighted by Gasteiger charge is -2.10. The van der Waals surface area contributed by atoms with Crippen LogP contribution in [0.5, 0.6) is 0 Å². The van der Waals surface area contributed by atoms with Gasteiger partial charge in [-0.15, -0.1) is 0 Å². The van der Waals surface area contributed by atoms with Crippen molar-refractivity contribution in [2.24, 2.45) is 0 Å². The minimum Gasteiger partial charge on any atom is -0.306 e. The number of benzene rings is 2. The molecule has 1 heterocycles. The van der Waals surface area contributed by atoms with Crippen molar-refractivity contribution in [2.45, 2.75) is 24.8 Å². The second-order valence-corrected chi connectivity index (χ2v) is 8.94. The van der Waals surface area contributed by atoms with Gasteiger partial charge >= 0.3 is 0 Å². The summed E-state index contributed by atoms with van der Waals surface area (Å²) in [6, 6.07) is 16.7. The van der Waals surface area contributed by atoms with E-state index in [0.717, 1.165) is 21.8 Å². The molecule has 3 aromatic rings. The molecule has 0 saturated carbocycles. The van der Waals surface area contributed by atoms with Gasteiger partial charge in [-0.25, -0.2) is 13.1 Å². The van der Waals surface area contributed by atoms with Crippen LogP contribution in [-0.2, 0) is 16.6 Å². The van der Waals surface area contributed by atoms with Crippen LogP contribution < -0.4 is 10.3 Å². The molecule has 0 aliphatic heterocycles. The van der Waals surface area contributed by atoms with Crippen molar-refractivity contribution in [2.75, 3.05) is 6.54 Å². The molecule has 0 atom stereocenters. The first-order chi connectivity index (χ1) is 14.3. The monoisotopic (exact) mass is 444 g/mol. The number of aromatic nitrogens is 1. The first-order valence-corrected chi connectivity index (χ1v) is 11.3. The molecule has 0 fully saturated rings. The van der Waals surface area contributed by atoms with E-state index in [1.807, 2.05) is 31.2 Å². The molecular weight excluding hydrogens is 424 g/mol. The van der Waals surface area contributed by atoms with E-state index < -0.39 is 15.6 Å². The topological polar surface area (TPSA) is 85.2 Å². The average Bonchev–Trinajstić information content (AvgIpc) is 2.74. The summed E-state index contributed by atoms with van der Waals surface area (Å²) >= 11 is 5.91. The summed E-state index contributed by atoms with van der Waals surface area (Å²) in [7, 11) is -3.73. The Morgan fingerprint density at radius 2 is 1.57 bits per heavy atom. The van der Waals surface area contributed by atoms with Crippen LogP contribution in [0.2, 0.25) is 5.02 Å². The smallest absolute Gasteiger partial charge is 0.251 e. The van der Waals surface area contributed by atoms with Gasteiger partial charge in [0.15, 0.2) is 5.78 Å². The number of nitrogens with zero attached hydrogens (tertiary/aromatic N) is 1. The van der Waals surface area contributed by atoms with Gasteiger partial charge in [0.25, 0.3) is 5.56 Å². The zero-order valence-corrected chi connectivity index (χ0v) is 17.9. The van der Waals surface area contributed by atoms with E-state index in [2.05, 4.69) is 4.72 Å². The fourth-order valence-electron chi connectivity index (χ4n) is 2.85. The van der Waals surface area contributed by atoms with E-state index >= 15 is 0 Å². The maximum Gasteiger partial charge on any atom is 0.251 e. The van der Waals surface area contributed by atoms with Crippen LogP contribution in [0.1, 0.15) is 23.7 Å². The minimum atomic E-state index is -3.73. The van der Waals surface area contributed by atoms with Crippen molar-refractivity contribution in [3.05, 3.63) is 87.8 Å². The molecule has 0 amide bonds. The summed E-state index contributed by atoms with van der Waals surface area (Å²) in [6.07, 6.45) is 1.84. The Hall–Kier alpha value is -2.74. The van der Waals surface area contributed by atoms with E-state index in [-0.39, 0.29) is 17.2 Å². The van der Waals surface area contributed by atoms with Crippen LogP contribution in [-0.4, -0.2) is 25.3 Å². The summed E-state index contributed by atoms with van der Waals surface area (Å²) < 4.78 is 28.1. The van der Waals surface area contributed by atoms with Crippen LogP contribution >= 0.6 is 11.6 Å². The lowest BCUT2D eigenvalue weighted by Crippen LogP contribution is -2.28. The fourth-order valence-corrected chi connectivity index (χ4v) is 4.13. The Balaban J connectivity index is 1.79. The molecule has 6 nitrogen and oxygen atoms in total. The molecule has 1 aromatic heterocycles. The first kappa shape index (κ1) is 22.0. The maximum atomic E-state index is 12.6. The average molecular weight is 445 g/mol. The molecule has 0 unspecified atom stereocenters. The summed E-state index contributed by atoms with van der Waals surface area (Å²) in [5.41, 5.74) is 1.87. The third kappa shape index (κ3) is 5.24. The zero-order chi connectivity index (χ0) is 21.7. The highest BCUT2D eigenvalue weighted by Crippen LogP contribution is 2.22. The zero-order valence-electron chi connectivity index (χ0n) is 16.3. The highest BCUT2D eigenvalue weighted by Gasteiger charge is 2.16. The lowest BCUT2D eigenvalue weighted by atomic mass is 10.0. The number of hydrogen-bond acceptors (Lipinski definition) is 4. The van der Waals surface area contributed by atoms with Gasteiger partial charge in [0.2, 0.25) is 10.0 Å². The molecule has 1 N–H and O–H groups in total. The molecule has 0 bridgehead atoms. The van der Waals surface area contributed by atoms with Crippen molar-refractivity contribution in [1.29, 1.82) is 0 Å². The number of nitrogens with one attached hydrogen (secondary N) is 1. The van der Waals surface area contributed by atoms with Gasteiger partial charge in [0.1, 0.15) is 0 Å². The number of rotatable bonds is 8. The van der Waals surface area contributed by atoms with Gasteiger partial charge < -0.3 is 4.57 Å². The molecule has 0 aliphatic rings. The SMILES string of the molecule is CCCNS(=O)(=O)c1ccc(=O)n(CC(=O)c2ccc(-c3ccc(Cl)cc3)cc2)c1. The van der Waals surface area contributed by atoms with Crippen LogP contribution in [0.3, 0.4) is 0 Å². The Bertz CT molecular complexity index is 1200. The number of Topliss-reactive ketones (excluding diaryl/α,β-unsaturated/α-hetero) is 1. The molecule has 2 aromatic carbocycles. The van der Waals surface area contributed by atoms with Crippen LogP contribution in [0.25, 0.3) is 11.1 Å². The minimum absolute atomic E-state index is 0.0542. The van der Waals surface area contributed by atoms with Gasteiger partial charge in [0, 0.05) is 29.4 Å². The predicted octanol–water partition coefficient (Wildman–Crippen LogP) is 3.74. The van der Waals surface area contributed by atoms with E-state index in [1.54, 1.807) is 24.3 Å². The van der Waals surface area contributed by atoms with E-state index in [0.29, 0.717) is 23.6 Å². The van der Waals surface area contributed by atoms with Gasteiger partial charge in [-0.3, -0.25) is 9.59 Å². The third-order valence-electron chi connectivity index (χ3n) is 4.51. The summed E-state index contributed by atoms with van der Waals surface area (Å²) in [5, 5.41) is 0.644. The van der Waals surface area contributed by atoms with Gasteiger partial charge in [-0.05, 0) is 35.7 Å².